The average molecular weight is 1910 g/mol. The highest BCUT2D eigenvalue weighted by atomic mass is 16.7. The van der Waals surface area contributed by atoms with Gasteiger partial charge in [0.05, 0.1) is 0 Å². The van der Waals surface area contributed by atoms with E-state index in [0.717, 1.165) is 62.3 Å². The minimum atomic E-state index is -1.33. The molecule has 1 aromatic rings. The molecule has 4 rings (SSSR count). The Morgan fingerprint density at radius 2 is 0.604 bits per heavy atom. The van der Waals surface area contributed by atoms with Gasteiger partial charge in [-0.1, -0.05) is 30.3 Å². The third-order valence-electron chi connectivity index (χ3n) is 20.2. The molecule has 0 aliphatic carbocycles. The number of esters is 10. The van der Waals surface area contributed by atoms with Gasteiger partial charge in [-0.25, -0.2) is 4.79 Å². The quantitative estimate of drug-likeness (QED) is 0.0243. The van der Waals surface area contributed by atoms with Gasteiger partial charge in [0.1, 0.15) is 68.9 Å². The number of nitrogens with one attached hydrogen (secondary N) is 9. The molecule has 0 spiro atoms. The second kappa shape index (κ2) is 63.5. The summed E-state index contributed by atoms with van der Waals surface area (Å²) in [5, 5.41) is 24.6. The Hall–Kier alpha value is -11.6. The lowest BCUT2D eigenvalue weighted by atomic mass is 9.96. The summed E-state index contributed by atoms with van der Waals surface area (Å²) < 4.78 is 89.8. The van der Waals surface area contributed by atoms with Crippen LogP contribution in [0.4, 0.5) is 0 Å². The molecule has 46 heteroatoms. The summed E-state index contributed by atoms with van der Waals surface area (Å²) in [6.07, 6.45) is -11.6. The van der Waals surface area contributed by atoms with Crippen LogP contribution in [0.2, 0.25) is 0 Å². The number of rotatable bonds is 61. The van der Waals surface area contributed by atoms with Crippen molar-refractivity contribution in [3.63, 3.8) is 0 Å². The first-order valence-corrected chi connectivity index (χ1v) is 44.9. The fourth-order valence-electron chi connectivity index (χ4n) is 14.2. The Bertz CT molecular complexity index is 3870. The molecular weight excluding hydrogens is 1770 g/mol. The molecule has 0 bridgehead atoms. The minimum absolute atomic E-state index is 0.0136. The lowest BCUT2D eigenvalue weighted by Gasteiger charge is -2.44. The van der Waals surface area contributed by atoms with Crippen molar-refractivity contribution in [2.24, 2.45) is 0 Å². The highest BCUT2D eigenvalue weighted by Crippen LogP contribution is 2.32. The van der Waals surface area contributed by atoms with Gasteiger partial charge in [0.15, 0.2) is 55.5 Å². The molecule has 1 aromatic carbocycles. The van der Waals surface area contributed by atoms with Gasteiger partial charge in [-0.2, -0.15) is 0 Å². The van der Waals surface area contributed by atoms with E-state index in [1.807, 2.05) is 0 Å². The number of benzene rings is 1. The number of amides is 10. The highest BCUT2D eigenvalue weighted by molar-refractivity contribution is 5.86. The molecule has 3 fully saturated rings. The van der Waals surface area contributed by atoms with Crippen LogP contribution in [0.25, 0.3) is 0 Å². The van der Waals surface area contributed by atoms with Crippen molar-refractivity contribution in [2.75, 3.05) is 85.5 Å². The summed E-state index contributed by atoms with van der Waals surface area (Å²) in [5.74, 6) is -11.9. The van der Waals surface area contributed by atoms with Gasteiger partial charge < -0.3 is 129 Å². The monoisotopic (exact) mass is 1910 g/mol. The Balaban J connectivity index is 1.33. The summed E-state index contributed by atoms with van der Waals surface area (Å²) in [5.41, 5.74) is 0.640. The third-order valence-corrected chi connectivity index (χ3v) is 20.2. The fourth-order valence-corrected chi connectivity index (χ4v) is 14.2. The lowest BCUT2D eigenvalue weighted by molar-refractivity contribution is -0.277. The maximum atomic E-state index is 14.3. The van der Waals surface area contributed by atoms with Crippen LogP contribution >= 0.6 is 0 Å². The van der Waals surface area contributed by atoms with Crippen LogP contribution in [-0.2, 0) is 178 Å². The molecule has 16 atom stereocenters. The Morgan fingerprint density at radius 3 is 0.896 bits per heavy atom. The highest BCUT2D eigenvalue weighted by Gasteiger charge is 2.55. The van der Waals surface area contributed by atoms with E-state index in [4.69, 9.17) is 75.8 Å². The number of carbonyl (C=O) groups excluding carboxylic acids is 20. The van der Waals surface area contributed by atoms with E-state index >= 15 is 0 Å². The summed E-state index contributed by atoms with van der Waals surface area (Å²) in [4.78, 5) is 254. The zero-order valence-electron chi connectivity index (χ0n) is 78.3. The minimum Gasteiger partial charge on any atom is -0.463 e. The van der Waals surface area contributed by atoms with Gasteiger partial charge in [0.2, 0.25) is 59.1 Å². The number of nitrogens with zero attached hydrogens (tertiary/aromatic N) is 1. The molecule has 0 radical (unpaired) electrons. The third kappa shape index (κ3) is 47.8. The average Bonchev–Trinajstić information content (AvgIpc) is 0.794. The van der Waals surface area contributed by atoms with Crippen LogP contribution in [0.3, 0.4) is 0 Å². The maximum absolute atomic E-state index is 14.3. The molecule has 0 aromatic heterocycles. The smallest absolute Gasteiger partial charge is 0.328 e. The SMILES string of the molecule is CC(=O)NC1C(OCCCCC(=O)NCCCCC(=O)NCCN(CCNC(=O)CCCCNC(=O)CCCCOC2OC(COC(C)=O)C(OC(C)=O)C(OC(C)=O)C2NC(C)=O)C(=O)CC[C@H](NC(=O)CCCCNC(=O)CCCCOC2OC(COC(C)=O)C(OC(C)=O)C(OC(C)=O)C2NC(C)=O)C(=O)OCc2ccccc2)OC(COC(C)=O)C(OC(C)=O)C1OC(C)=O. The van der Waals surface area contributed by atoms with Gasteiger partial charge in [0, 0.05) is 194 Å². The lowest BCUT2D eigenvalue weighted by Crippen LogP contribution is -2.66. The summed E-state index contributed by atoms with van der Waals surface area (Å²) in [7, 11) is 0. The van der Waals surface area contributed by atoms with Crippen LogP contribution in [0.1, 0.15) is 217 Å². The molecule has 46 nitrogen and oxygen atoms in total. The van der Waals surface area contributed by atoms with Crippen molar-refractivity contribution in [3.8, 4) is 0 Å². The topological polar surface area (TPSA) is 601 Å². The van der Waals surface area contributed by atoms with Crippen LogP contribution < -0.4 is 47.9 Å². The Morgan fingerprint density at radius 1 is 0.321 bits per heavy atom. The molecule has 3 heterocycles. The molecule has 10 amide bonds. The largest absolute Gasteiger partial charge is 0.463 e. The van der Waals surface area contributed by atoms with Crippen molar-refractivity contribution >= 4 is 119 Å². The van der Waals surface area contributed by atoms with Crippen molar-refractivity contribution in [3.05, 3.63) is 35.9 Å². The van der Waals surface area contributed by atoms with E-state index in [1.165, 1.54) is 25.7 Å². The van der Waals surface area contributed by atoms with Crippen LogP contribution in [0.5, 0.6) is 0 Å². The Kier molecular flexibility index (Phi) is 54.4. The van der Waals surface area contributed by atoms with Crippen LogP contribution in [0, 0.1) is 0 Å². The van der Waals surface area contributed by atoms with E-state index < -0.39 is 207 Å². The second-order valence-corrected chi connectivity index (χ2v) is 31.9. The molecule has 3 saturated heterocycles. The molecular formula is C88H134N10O36. The first-order chi connectivity index (χ1) is 63.7. The molecule has 3 aliphatic heterocycles. The second-order valence-electron chi connectivity index (χ2n) is 31.9. The van der Waals surface area contributed by atoms with Gasteiger partial charge in [-0.15, -0.1) is 0 Å². The molecule has 9 N–H and O–H groups in total. The number of carbonyl (C=O) groups is 20. The van der Waals surface area contributed by atoms with Crippen molar-refractivity contribution in [1.82, 2.24) is 52.8 Å². The molecule has 752 valence electrons. The Labute approximate surface area is 777 Å². The predicted octanol–water partition coefficient (Wildman–Crippen LogP) is 0.444. The first kappa shape index (κ1) is 115. The number of ether oxygens (including phenoxy) is 16. The summed E-state index contributed by atoms with van der Waals surface area (Å²) in [6.45, 7) is 12.7. The van der Waals surface area contributed by atoms with Gasteiger partial charge in [-0.3, -0.25) is 91.1 Å². The maximum Gasteiger partial charge on any atom is 0.328 e. The van der Waals surface area contributed by atoms with E-state index in [9.17, 15) is 95.9 Å². The standard InChI is InChI=1S/C88H134N10O36/c1-52(99)94-76-82(129-61(10)108)79(126-58(7)105)66(49-122-55(4)102)132-86(76)119-45-25-19-32-69(111)89-38-22-16-30-72(114)92-41-43-98(44-42-93-73(115)31-17-23-39-90-70(112)33-20-26-46-120-87-77(95-53(2)100)83(130-62(11)109)80(127-59(8)106)67(133-87)50-123-56(5)103)75(117)37-36-65(85(118)125-48-64-28-14-13-15-29-64)97-74(116)35-18-24-40-91-71(113)34-21-27-47-121-88-78(96-54(3)101)84(131-63(12)110)81(128-60(9)107)68(134-88)51-124-57(6)104/h13-15,28-29,65-68,76-84,86-88H,16-27,30-51H2,1-12H3,(H,89,111)(H,90,112)(H,91,113)(H,92,114)(H,93,115)(H,94,99)(H,95,100)(H,96,101)(H,97,116)/t65-,66?,67?,68?,76?,77?,78?,79?,80?,81?,82?,83?,84?,86?,87?,88?/m0/s1. The normalized spacial score (nSPS) is 21.3. The number of hydrogen-bond donors (Lipinski definition) is 9. The summed E-state index contributed by atoms with van der Waals surface area (Å²) >= 11 is 0. The molecule has 134 heavy (non-hydrogen) atoms. The number of unbranched alkanes of at least 4 members (excludes halogenated alkanes) is 6. The molecule has 0 saturated carbocycles. The van der Waals surface area contributed by atoms with E-state index in [0.29, 0.717) is 76.2 Å². The fraction of sp³-hybridized carbons (Fsp3) is 0.705. The van der Waals surface area contributed by atoms with Crippen LogP contribution in [0.15, 0.2) is 30.3 Å². The molecule has 3 aliphatic rings. The predicted molar refractivity (Wildman–Crippen MR) is 462 cm³/mol. The molecule has 15 unspecified atom stereocenters. The van der Waals surface area contributed by atoms with Gasteiger partial charge >= 0.3 is 59.7 Å². The first-order valence-electron chi connectivity index (χ1n) is 44.9. The summed E-state index contributed by atoms with van der Waals surface area (Å²) in [6, 6.07) is 3.86. The van der Waals surface area contributed by atoms with Gasteiger partial charge in [-0.05, 0) is 89.0 Å². The van der Waals surface area contributed by atoms with Crippen LogP contribution in [-0.4, -0.2) is 307 Å². The number of hydrogen-bond acceptors (Lipinski definition) is 36. The van der Waals surface area contributed by atoms with Crippen molar-refractivity contribution < 1.29 is 172 Å². The van der Waals surface area contributed by atoms with Crippen molar-refractivity contribution in [2.45, 2.75) is 316 Å². The van der Waals surface area contributed by atoms with E-state index in [2.05, 4.69) is 47.9 Å². The van der Waals surface area contributed by atoms with E-state index in [1.54, 1.807) is 30.3 Å². The van der Waals surface area contributed by atoms with Gasteiger partial charge in [0.25, 0.3) is 0 Å². The zero-order chi connectivity index (χ0) is 99.2. The van der Waals surface area contributed by atoms with E-state index in [-0.39, 0.29) is 160 Å². The van der Waals surface area contributed by atoms with Crippen molar-refractivity contribution in [1.29, 1.82) is 0 Å². The zero-order valence-corrected chi connectivity index (χ0v) is 78.3.